The lowest BCUT2D eigenvalue weighted by molar-refractivity contribution is -0.147. The van der Waals surface area contributed by atoms with Crippen LogP contribution in [0.15, 0.2) is 35.5 Å². The maximum Gasteiger partial charge on any atom is 0.312 e. The summed E-state index contributed by atoms with van der Waals surface area (Å²) in [6, 6.07) is 9.47. The molecule has 102 valence electrons. The zero-order valence-corrected chi connectivity index (χ0v) is 11.0. The van der Waals surface area contributed by atoms with Crippen molar-refractivity contribution >= 4 is 5.97 Å². The lowest BCUT2D eigenvalue weighted by atomic mass is 10.1. The van der Waals surface area contributed by atoms with Gasteiger partial charge in [0.2, 0.25) is 0 Å². The lowest BCUT2D eigenvalue weighted by Gasteiger charge is -2.15. The maximum atomic E-state index is 11.8. The normalized spacial score (nSPS) is 23.2. The first kappa shape index (κ1) is 13.7. The molecule has 5 heteroatoms. The first-order valence-electron chi connectivity index (χ1n) is 6.50. The average molecular weight is 262 g/mol. The molecule has 1 aliphatic heterocycles. The molecule has 2 atom stereocenters. The second kappa shape index (κ2) is 6.43. The molecule has 5 nitrogen and oxygen atoms in total. The Hall–Kier alpha value is -1.75. The van der Waals surface area contributed by atoms with E-state index in [-0.39, 0.29) is 5.97 Å². The van der Waals surface area contributed by atoms with Crippen LogP contribution in [-0.4, -0.2) is 36.6 Å². The average Bonchev–Trinajstić information content (AvgIpc) is 2.83. The van der Waals surface area contributed by atoms with Crippen LogP contribution in [0.4, 0.5) is 0 Å². The summed E-state index contributed by atoms with van der Waals surface area (Å²) in [7, 11) is 0. The lowest BCUT2D eigenvalue weighted by Crippen LogP contribution is -2.27. The summed E-state index contributed by atoms with van der Waals surface area (Å²) in [6.45, 7) is 3.87. The SMILES string of the molecule is CCOC(=O)C1CN(Cc2ccccc2)CC1N=O. The zero-order valence-electron chi connectivity index (χ0n) is 11.0. The summed E-state index contributed by atoms with van der Waals surface area (Å²) in [4.78, 5) is 24.7. The molecule has 1 aliphatic rings. The van der Waals surface area contributed by atoms with E-state index in [0.717, 1.165) is 12.1 Å². The molecule has 1 heterocycles. The number of rotatable bonds is 5. The first-order valence-corrected chi connectivity index (χ1v) is 6.50. The number of nitrogens with zero attached hydrogens (tertiary/aromatic N) is 2. The van der Waals surface area contributed by atoms with E-state index in [1.165, 1.54) is 0 Å². The van der Waals surface area contributed by atoms with Gasteiger partial charge in [0.25, 0.3) is 0 Å². The quantitative estimate of drug-likeness (QED) is 0.600. The highest BCUT2D eigenvalue weighted by Crippen LogP contribution is 2.23. The Kier molecular flexibility index (Phi) is 4.63. The van der Waals surface area contributed by atoms with Gasteiger partial charge in [-0.1, -0.05) is 35.5 Å². The Morgan fingerprint density at radius 3 is 2.74 bits per heavy atom. The predicted octanol–water partition coefficient (Wildman–Crippen LogP) is 1.82. The molecule has 0 amide bonds. The zero-order chi connectivity index (χ0) is 13.7. The van der Waals surface area contributed by atoms with Crippen molar-refractivity contribution in [2.75, 3.05) is 19.7 Å². The summed E-state index contributed by atoms with van der Waals surface area (Å²) in [5, 5.41) is 3.07. The largest absolute Gasteiger partial charge is 0.466 e. The topological polar surface area (TPSA) is 59.0 Å². The molecule has 2 unspecified atom stereocenters. The van der Waals surface area contributed by atoms with Crippen molar-refractivity contribution in [2.45, 2.75) is 19.5 Å². The fourth-order valence-electron chi connectivity index (χ4n) is 2.42. The Morgan fingerprint density at radius 1 is 1.37 bits per heavy atom. The van der Waals surface area contributed by atoms with Crippen LogP contribution in [0.1, 0.15) is 12.5 Å². The Labute approximate surface area is 112 Å². The van der Waals surface area contributed by atoms with Crippen LogP contribution < -0.4 is 0 Å². The minimum atomic E-state index is -0.497. The molecule has 1 fully saturated rings. The summed E-state index contributed by atoms with van der Waals surface area (Å²) in [5.74, 6) is -0.746. The van der Waals surface area contributed by atoms with E-state index in [1.807, 2.05) is 30.3 Å². The van der Waals surface area contributed by atoms with Crippen LogP contribution in [0.25, 0.3) is 0 Å². The van der Waals surface area contributed by atoms with Gasteiger partial charge in [0.1, 0.15) is 6.04 Å². The van der Waals surface area contributed by atoms with E-state index in [9.17, 15) is 9.70 Å². The highest BCUT2D eigenvalue weighted by molar-refractivity contribution is 5.74. The van der Waals surface area contributed by atoms with Gasteiger partial charge in [-0.2, -0.15) is 4.91 Å². The molecule has 0 radical (unpaired) electrons. The molecule has 0 aliphatic carbocycles. The Balaban J connectivity index is 1.98. The molecule has 1 aromatic rings. The monoisotopic (exact) mass is 262 g/mol. The second-order valence-electron chi connectivity index (χ2n) is 4.71. The number of hydrogen-bond acceptors (Lipinski definition) is 5. The summed E-state index contributed by atoms with van der Waals surface area (Å²) in [6.07, 6.45) is 0. The van der Waals surface area contributed by atoms with Crippen LogP contribution in [0.3, 0.4) is 0 Å². The van der Waals surface area contributed by atoms with E-state index in [4.69, 9.17) is 4.74 Å². The first-order chi connectivity index (χ1) is 9.24. The van der Waals surface area contributed by atoms with Gasteiger partial charge in [0.05, 0.1) is 12.5 Å². The van der Waals surface area contributed by atoms with E-state index >= 15 is 0 Å². The molecule has 2 rings (SSSR count). The van der Waals surface area contributed by atoms with Crippen molar-refractivity contribution in [3.05, 3.63) is 40.8 Å². The summed E-state index contributed by atoms with van der Waals surface area (Å²) in [5.41, 5.74) is 1.16. The maximum absolute atomic E-state index is 11.8. The van der Waals surface area contributed by atoms with E-state index in [0.29, 0.717) is 19.7 Å². The molecular formula is C14H18N2O3. The van der Waals surface area contributed by atoms with Crippen LogP contribution in [0.5, 0.6) is 0 Å². The fraction of sp³-hybridized carbons (Fsp3) is 0.500. The third-order valence-corrected chi connectivity index (χ3v) is 3.34. The van der Waals surface area contributed by atoms with Crippen molar-refractivity contribution in [3.63, 3.8) is 0 Å². The molecule has 0 saturated carbocycles. The van der Waals surface area contributed by atoms with Gasteiger partial charge in [-0.05, 0) is 12.5 Å². The molecule has 19 heavy (non-hydrogen) atoms. The summed E-state index contributed by atoms with van der Waals surface area (Å²) >= 11 is 0. The number of nitroso groups, excluding NO2 is 1. The van der Waals surface area contributed by atoms with Crippen LogP contribution in [0, 0.1) is 10.8 Å². The molecule has 1 aromatic carbocycles. The highest BCUT2D eigenvalue weighted by Gasteiger charge is 2.39. The van der Waals surface area contributed by atoms with Gasteiger partial charge in [-0.3, -0.25) is 9.69 Å². The predicted molar refractivity (Wildman–Crippen MR) is 71.4 cm³/mol. The van der Waals surface area contributed by atoms with Crippen molar-refractivity contribution < 1.29 is 9.53 Å². The fourth-order valence-corrected chi connectivity index (χ4v) is 2.42. The number of benzene rings is 1. The smallest absolute Gasteiger partial charge is 0.312 e. The van der Waals surface area contributed by atoms with Crippen LogP contribution >= 0.6 is 0 Å². The molecule has 0 bridgehead atoms. The van der Waals surface area contributed by atoms with Crippen molar-refractivity contribution in [1.82, 2.24) is 4.90 Å². The third-order valence-electron chi connectivity index (χ3n) is 3.34. The molecule has 0 N–H and O–H groups in total. The van der Waals surface area contributed by atoms with Crippen molar-refractivity contribution in [3.8, 4) is 0 Å². The van der Waals surface area contributed by atoms with Crippen LogP contribution in [-0.2, 0) is 16.1 Å². The van der Waals surface area contributed by atoms with Crippen LogP contribution in [0.2, 0.25) is 0 Å². The number of carbonyl (C=O) groups is 1. The molecular weight excluding hydrogens is 244 g/mol. The number of hydrogen-bond donors (Lipinski definition) is 0. The molecule has 0 aromatic heterocycles. The van der Waals surface area contributed by atoms with Gasteiger partial charge in [-0.15, -0.1) is 0 Å². The Morgan fingerprint density at radius 2 is 2.11 bits per heavy atom. The van der Waals surface area contributed by atoms with Gasteiger partial charge >= 0.3 is 5.97 Å². The van der Waals surface area contributed by atoms with E-state index < -0.39 is 12.0 Å². The van der Waals surface area contributed by atoms with E-state index in [1.54, 1.807) is 6.92 Å². The number of carbonyl (C=O) groups excluding carboxylic acids is 1. The van der Waals surface area contributed by atoms with Crippen molar-refractivity contribution in [1.29, 1.82) is 0 Å². The third kappa shape index (κ3) is 3.38. The Bertz CT molecular complexity index is 436. The molecule has 1 saturated heterocycles. The van der Waals surface area contributed by atoms with Crippen molar-refractivity contribution in [2.24, 2.45) is 11.1 Å². The van der Waals surface area contributed by atoms with Gasteiger partial charge < -0.3 is 4.74 Å². The minimum Gasteiger partial charge on any atom is -0.466 e. The molecule has 0 spiro atoms. The highest BCUT2D eigenvalue weighted by atomic mass is 16.5. The minimum absolute atomic E-state index is 0.317. The standard InChI is InChI=1S/C14H18N2O3/c1-2-19-14(17)12-9-16(10-13(12)15-18)8-11-6-4-3-5-7-11/h3-7,12-13H,2,8-10H2,1H3. The number of likely N-dealkylation sites (tertiary alicyclic amines) is 1. The second-order valence-corrected chi connectivity index (χ2v) is 4.71. The van der Waals surface area contributed by atoms with Gasteiger partial charge in [0, 0.05) is 19.6 Å². The number of ether oxygens (including phenoxy) is 1. The summed E-state index contributed by atoms with van der Waals surface area (Å²) < 4.78 is 4.99. The van der Waals surface area contributed by atoms with Gasteiger partial charge in [-0.25, -0.2) is 0 Å². The van der Waals surface area contributed by atoms with E-state index in [2.05, 4.69) is 10.1 Å². The number of esters is 1. The van der Waals surface area contributed by atoms with Gasteiger partial charge in [0.15, 0.2) is 0 Å².